The van der Waals surface area contributed by atoms with Crippen molar-refractivity contribution in [1.82, 2.24) is 4.90 Å². The summed E-state index contributed by atoms with van der Waals surface area (Å²) >= 11 is 0. The van der Waals surface area contributed by atoms with Gasteiger partial charge in [-0.1, -0.05) is 18.2 Å². The molecule has 1 atom stereocenters. The van der Waals surface area contributed by atoms with Crippen molar-refractivity contribution in [3.05, 3.63) is 30.3 Å². The Hall–Kier alpha value is -2.04. The van der Waals surface area contributed by atoms with Gasteiger partial charge < -0.3 is 10.5 Å². The molecule has 0 aromatic heterocycles. The lowest BCUT2D eigenvalue weighted by Gasteiger charge is -2.04. The molecule has 78 valence electrons. The summed E-state index contributed by atoms with van der Waals surface area (Å²) < 4.78 is 5.00. The fourth-order valence-corrected chi connectivity index (χ4v) is 1.23. The summed E-state index contributed by atoms with van der Waals surface area (Å²) in [4.78, 5) is 23.4. The van der Waals surface area contributed by atoms with Crippen LogP contribution in [0.3, 0.4) is 0 Å². The third kappa shape index (κ3) is 2.07. The number of nitrogens with zero attached hydrogens (tertiary/aromatic N) is 1. The lowest BCUT2D eigenvalue weighted by atomic mass is 10.3. The van der Waals surface area contributed by atoms with Crippen molar-refractivity contribution in [1.29, 1.82) is 0 Å². The van der Waals surface area contributed by atoms with Gasteiger partial charge in [-0.05, 0) is 12.1 Å². The second kappa shape index (κ2) is 3.61. The van der Waals surface area contributed by atoms with Gasteiger partial charge in [-0.2, -0.15) is 0 Å². The second-order valence-corrected chi connectivity index (χ2v) is 3.25. The molecule has 5 nitrogen and oxygen atoms in total. The number of carbonyl (C=O) groups excluding carboxylic acids is 2. The number of primary amides is 1. The molecule has 1 aliphatic rings. The Labute approximate surface area is 86.4 Å². The lowest BCUT2D eigenvalue weighted by molar-refractivity contribution is -0.118. The summed E-state index contributed by atoms with van der Waals surface area (Å²) in [6.07, 6.45) is -0.537. The summed E-state index contributed by atoms with van der Waals surface area (Å²) in [6.45, 7) is 0.348. The summed E-state index contributed by atoms with van der Waals surface area (Å²) in [5, 5.41) is 0. The van der Waals surface area contributed by atoms with Gasteiger partial charge in [0.15, 0.2) is 0 Å². The highest BCUT2D eigenvalue weighted by atomic mass is 16.6. The van der Waals surface area contributed by atoms with E-state index < -0.39 is 18.0 Å². The molecule has 0 spiro atoms. The highest BCUT2D eigenvalue weighted by Crippen LogP contribution is 2.19. The Morgan fingerprint density at radius 3 is 2.53 bits per heavy atom. The molecule has 2 amide bonds. The Morgan fingerprint density at radius 2 is 2.00 bits per heavy atom. The van der Waals surface area contributed by atoms with Crippen molar-refractivity contribution in [3.63, 3.8) is 0 Å². The zero-order valence-corrected chi connectivity index (χ0v) is 7.92. The number of benzene rings is 1. The predicted molar refractivity (Wildman–Crippen MR) is 52.2 cm³/mol. The monoisotopic (exact) mass is 206 g/mol. The standard InChI is InChI=1S/C10H10N2O3/c11-9(13)8-6-12(8)10(14)15-7-4-2-1-3-5-7/h1-5,8H,6H2,(H2,11,13). The average Bonchev–Trinajstić information content (AvgIpc) is 2.98. The molecule has 0 bridgehead atoms. The van der Waals surface area contributed by atoms with Crippen LogP contribution in [0.4, 0.5) is 4.79 Å². The summed E-state index contributed by atoms with van der Waals surface area (Å²) in [7, 11) is 0. The number of hydrogen-bond acceptors (Lipinski definition) is 3. The minimum absolute atomic E-state index is 0.348. The molecule has 1 aromatic rings. The summed E-state index contributed by atoms with van der Waals surface area (Å²) in [5.41, 5.74) is 5.03. The zero-order chi connectivity index (χ0) is 10.8. The number of hydrogen-bond donors (Lipinski definition) is 1. The summed E-state index contributed by atoms with van der Waals surface area (Å²) in [5.74, 6) is -0.0439. The number of rotatable bonds is 2. The maximum atomic E-state index is 11.4. The Kier molecular flexibility index (Phi) is 2.29. The van der Waals surface area contributed by atoms with E-state index in [0.29, 0.717) is 12.3 Å². The van der Waals surface area contributed by atoms with Crippen LogP contribution in [0.15, 0.2) is 30.3 Å². The number of nitrogens with two attached hydrogens (primary N) is 1. The van der Waals surface area contributed by atoms with E-state index in [2.05, 4.69) is 0 Å². The quantitative estimate of drug-likeness (QED) is 0.710. The van der Waals surface area contributed by atoms with Crippen LogP contribution in [0.2, 0.25) is 0 Å². The fourth-order valence-electron chi connectivity index (χ4n) is 1.23. The molecule has 1 saturated heterocycles. The molecule has 1 unspecified atom stereocenters. The van der Waals surface area contributed by atoms with Gasteiger partial charge in [0.05, 0.1) is 6.54 Å². The fraction of sp³-hybridized carbons (Fsp3) is 0.200. The van der Waals surface area contributed by atoms with Crippen LogP contribution in [-0.4, -0.2) is 29.5 Å². The van der Waals surface area contributed by atoms with Crippen molar-refractivity contribution >= 4 is 12.0 Å². The smallest absolute Gasteiger partial charge is 0.410 e. The highest BCUT2D eigenvalue weighted by molar-refractivity contribution is 5.89. The van der Waals surface area contributed by atoms with E-state index >= 15 is 0 Å². The van der Waals surface area contributed by atoms with Crippen molar-refractivity contribution in [2.45, 2.75) is 6.04 Å². The minimum Gasteiger partial charge on any atom is -0.410 e. The molecule has 1 aromatic carbocycles. The molecule has 1 fully saturated rings. The zero-order valence-electron chi connectivity index (χ0n) is 7.92. The molecule has 1 heterocycles. The molecule has 0 radical (unpaired) electrons. The summed E-state index contributed by atoms with van der Waals surface area (Å²) in [6, 6.07) is 8.18. The number of para-hydroxylation sites is 1. The minimum atomic E-state index is -0.537. The van der Waals surface area contributed by atoms with Crippen molar-refractivity contribution in [2.24, 2.45) is 5.73 Å². The van der Waals surface area contributed by atoms with E-state index in [-0.39, 0.29) is 0 Å². The largest absolute Gasteiger partial charge is 0.416 e. The topological polar surface area (TPSA) is 72.4 Å². The van der Waals surface area contributed by atoms with E-state index in [0.717, 1.165) is 0 Å². The Balaban J connectivity index is 1.92. The maximum absolute atomic E-state index is 11.4. The molecule has 2 N–H and O–H groups in total. The first-order valence-electron chi connectivity index (χ1n) is 4.51. The van der Waals surface area contributed by atoms with Crippen LogP contribution in [0.25, 0.3) is 0 Å². The van der Waals surface area contributed by atoms with E-state index in [1.54, 1.807) is 24.3 Å². The van der Waals surface area contributed by atoms with Gasteiger partial charge in [0.25, 0.3) is 0 Å². The SMILES string of the molecule is NC(=O)C1CN1C(=O)Oc1ccccc1. The number of ether oxygens (including phenoxy) is 1. The molecular formula is C10H10N2O3. The van der Waals surface area contributed by atoms with Gasteiger partial charge in [-0.15, -0.1) is 0 Å². The van der Waals surface area contributed by atoms with Gasteiger partial charge in [0.2, 0.25) is 5.91 Å². The van der Waals surface area contributed by atoms with Crippen LogP contribution in [0.1, 0.15) is 0 Å². The van der Waals surface area contributed by atoms with Crippen molar-refractivity contribution in [3.8, 4) is 5.75 Å². The lowest BCUT2D eigenvalue weighted by Crippen LogP contribution is -2.26. The first-order valence-corrected chi connectivity index (χ1v) is 4.51. The molecule has 0 aliphatic carbocycles. The Morgan fingerprint density at radius 1 is 1.33 bits per heavy atom. The first-order chi connectivity index (χ1) is 7.18. The van der Waals surface area contributed by atoms with Gasteiger partial charge in [0.1, 0.15) is 11.8 Å². The van der Waals surface area contributed by atoms with Crippen LogP contribution in [0.5, 0.6) is 5.75 Å². The van der Waals surface area contributed by atoms with Crippen molar-refractivity contribution in [2.75, 3.05) is 6.54 Å². The first kappa shape index (κ1) is 9.51. The van der Waals surface area contributed by atoms with Crippen LogP contribution >= 0.6 is 0 Å². The molecule has 1 aliphatic heterocycles. The van der Waals surface area contributed by atoms with Crippen molar-refractivity contribution < 1.29 is 14.3 Å². The van der Waals surface area contributed by atoms with Gasteiger partial charge >= 0.3 is 6.09 Å². The van der Waals surface area contributed by atoms with E-state index in [1.807, 2.05) is 6.07 Å². The third-order valence-corrected chi connectivity index (χ3v) is 2.12. The molecule has 0 saturated carbocycles. The average molecular weight is 206 g/mol. The number of carbonyl (C=O) groups is 2. The Bertz CT molecular complexity index is 391. The molecule has 2 rings (SSSR count). The molecule has 5 heteroatoms. The van der Waals surface area contributed by atoms with E-state index in [9.17, 15) is 9.59 Å². The second-order valence-electron chi connectivity index (χ2n) is 3.25. The van der Waals surface area contributed by atoms with Gasteiger partial charge in [-0.3, -0.25) is 9.69 Å². The van der Waals surface area contributed by atoms with Crippen LogP contribution in [0, 0.1) is 0 Å². The molecular weight excluding hydrogens is 196 g/mol. The van der Waals surface area contributed by atoms with Crippen LogP contribution in [-0.2, 0) is 4.79 Å². The predicted octanol–water partition coefficient (Wildman–Crippen LogP) is 0.355. The molecule has 15 heavy (non-hydrogen) atoms. The normalized spacial score (nSPS) is 18.4. The number of amides is 2. The van der Waals surface area contributed by atoms with Gasteiger partial charge in [0, 0.05) is 0 Å². The van der Waals surface area contributed by atoms with E-state index in [1.165, 1.54) is 4.90 Å². The third-order valence-electron chi connectivity index (χ3n) is 2.12. The maximum Gasteiger partial charge on any atom is 0.416 e. The van der Waals surface area contributed by atoms with Crippen LogP contribution < -0.4 is 10.5 Å². The van der Waals surface area contributed by atoms with Gasteiger partial charge in [-0.25, -0.2) is 4.79 Å². The van der Waals surface area contributed by atoms with E-state index in [4.69, 9.17) is 10.5 Å². The highest BCUT2D eigenvalue weighted by Gasteiger charge is 2.44.